The van der Waals surface area contributed by atoms with Gasteiger partial charge in [0.15, 0.2) is 0 Å². The Morgan fingerprint density at radius 2 is 1.30 bits per heavy atom. The summed E-state index contributed by atoms with van der Waals surface area (Å²) in [5.41, 5.74) is 4.13. The highest BCUT2D eigenvalue weighted by atomic mass is 16.3. The second-order valence-corrected chi connectivity index (χ2v) is 5.32. The number of rotatable bonds is 4. The van der Waals surface area contributed by atoms with Gasteiger partial charge in [-0.15, -0.1) is 0 Å². The molecule has 0 unspecified atom stereocenters. The summed E-state index contributed by atoms with van der Waals surface area (Å²) in [5, 5.41) is 19.9. The molecule has 0 bridgehead atoms. The number of phenols is 2. The molecule has 0 saturated heterocycles. The van der Waals surface area contributed by atoms with Gasteiger partial charge in [0.05, 0.1) is 0 Å². The van der Waals surface area contributed by atoms with Gasteiger partial charge < -0.3 is 10.2 Å². The molecule has 0 heterocycles. The Morgan fingerprint density at radius 1 is 0.850 bits per heavy atom. The van der Waals surface area contributed by atoms with Crippen molar-refractivity contribution in [2.45, 2.75) is 39.5 Å². The maximum Gasteiger partial charge on any atom is 0.118 e. The highest BCUT2D eigenvalue weighted by Crippen LogP contribution is 2.37. The Bertz CT molecular complexity index is 551. The van der Waals surface area contributed by atoms with E-state index in [9.17, 15) is 10.2 Å². The van der Waals surface area contributed by atoms with E-state index in [1.54, 1.807) is 12.1 Å². The largest absolute Gasteiger partial charge is 0.508 e. The number of hydrogen-bond acceptors (Lipinski definition) is 2. The molecule has 20 heavy (non-hydrogen) atoms. The Balaban J connectivity index is 2.56. The Morgan fingerprint density at radius 3 is 1.70 bits per heavy atom. The molecule has 0 amide bonds. The molecule has 0 aliphatic rings. The second kappa shape index (κ2) is 6.00. The fourth-order valence-electron chi connectivity index (χ4n) is 2.80. The third-order valence-electron chi connectivity index (χ3n) is 4.02. The third kappa shape index (κ3) is 2.64. The zero-order valence-electron chi connectivity index (χ0n) is 12.4. The lowest BCUT2D eigenvalue weighted by atomic mass is 9.83. The molecular weight excluding hydrogens is 248 g/mol. The van der Waals surface area contributed by atoms with Gasteiger partial charge in [-0.1, -0.05) is 37.6 Å². The number of benzene rings is 2. The van der Waals surface area contributed by atoms with Crippen molar-refractivity contribution in [1.29, 1.82) is 0 Å². The minimum atomic E-state index is 0.208. The lowest BCUT2D eigenvalue weighted by molar-refractivity contribution is 0.467. The summed E-state index contributed by atoms with van der Waals surface area (Å²) in [6.07, 6.45) is 2.05. The highest BCUT2D eigenvalue weighted by molar-refractivity contribution is 5.48. The number of aromatic hydroxyl groups is 2. The van der Waals surface area contributed by atoms with Crippen LogP contribution in [0.5, 0.6) is 11.5 Å². The van der Waals surface area contributed by atoms with Crippen LogP contribution >= 0.6 is 0 Å². The normalized spacial score (nSPS) is 11.0. The number of hydrogen-bond donors (Lipinski definition) is 2. The summed E-state index contributed by atoms with van der Waals surface area (Å²) < 4.78 is 0. The third-order valence-corrected chi connectivity index (χ3v) is 4.02. The molecule has 2 N–H and O–H groups in total. The van der Waals surface area contributed by atoms with Crippen LogP contribution in [0.2, 0.25) is 0 Å². The fourth-order valence-corrected chi connectivity index (χ4v) is 2.80. The molecule has 106 valence electrons. The van der Waals surface area contributed by atoms with E-state index in [-0.39, 0.29) is 5.92 Å². The van der Waals surface area contributed by atoms with Crippen LogP contribution in [0, 0.1) is 13.8 Å². The first-order valence-electron chi connectivity index (χ1n) is 7.13. The predicted octanol–water partition coefficient (Wildman–Crippen LogP) is 4.65. The van der Waals surface area contributed by atoms with Gasteiger partial charge in [0, 0.05) is 5.92 Å². The van der Waals surface area contributed by atoms with Gasteiger partial charge in [-0.2, -0.15) is 0 Å². The topological polar surface area (TPSA) is 40.5 Å². The maximum absolute atomic E-state index is 9.94. The van der Waals surface area contributed by atoms with Crippen molar-refractivity contribution in [1.82, 2.24) is 0 Å². The highest BCUT2D eigenvalue weighted by Gasteiger charge is 2.19. The zero-order valence-corrected chi connectivity index (χ0v) is 12.4. The SMILES string of the molecule is CCCC(c1cccc(O)c1C)c1cccc(O)c1C. The molecule has 2 aromatic carbocycles. The van der Waals surface area contributed by atoms with Crippen molar-refractivity contribution in [2.75, 3.05) is 0 Å². The smallest absolute Gasteiger partial charge is 0.118 e. The van der Waals surface area contributed by atoms with Crippen LogP contribution in [0.25, 0.3) is 0 Å². The quantitative estimate of drug-likeness (QED) is 0.849. The summed E-state index contributed by atoms with van der Waals surface area (Å²) in [6.45, 7) is 6.06. The molecule has 0 fully saturated rings. The molecule has 0 saturated carbocycles. The molecule has 0 aromatic heterocycles. The average Bonchev–Trinajstić information content (AvgIpc) is 2.43. The van der Waals surface area contributed by atoms with Crippen LogP contribution in [0.3, 0.4) is 0 Å². The van der Waals surface area contributed by atoms with E-state index < -0.39 is 0 Å². The predicted molar refractivity (Wildman–Crippen MR) is 82.4 cm³/mol. The first-order valence-corrected chi connectivity index (χ1v) is 7.13. The van der Waals surface area contributed by atoms with Crippen molar-refractivity contribution >= 4 is 0 Å². The Labute approximate surface area is 120 Å². The summed E-state index contributed by atoms with van der Waals surface area (Å²) >= 11 is 0. The molecule has 0 aliphatic carbocycles. The van der Waals surface area contributed by atoms with Gasteiger partial charge in [0.25, 0.3) is 0 Å². The first-order chi connectivity index (χ1) is 9.56. The van der Waals surface area contributed by atoms with Crippen molar-refractivity contribution in [3.8, 4) is 11.5 Å². The van der Waals surface area contributed by atoms with Gasteiger partial charge in [-0.05, 0) is 54.7 Å². The van der Waals surface area contributed by atoms with E-state index in [1.165, 1.54) is 0 Å². The molecule has 2 aromatic rings. The Kier molecular flexibility index (Phi) is 4.33. The molecule has 2 nitrogen and oxygen atoms in total. The van der Waals surface area contributed by atoms with Crippen molar-refractivity contribution in [3.63, 3.8) is 0 Å². The van der Waals surface area contributed by atoms with E-state index >= 15 is 0 Å². The van der Waals surface area contributed by atoms with E-state index in [4.69, 9.17) is 0 Å². The van der Waals surface area contributed by atoms with Crippen LogP contribution in [-0.4, -0.2) is 10.2 Å². The van der Waals surface area contributed by atoms with Crippen LogP contribution < -0.4 is 0 Å². The van der Waals surface area contributed by atoms with Crippen LogP contribution in [0.1, 0.15) is 47.9 Å². The molecule has 2 rings (SSSR count). The molecule has 0 aliphatic heterocycles. The summed E-state index contributed by atoms with van der Waals surface area (Å²) in [6, 6.07) is 11.4. The van der Waals surface area contributed by atoms with Gasteiger partial charge in [0.2, 0.25) is 0 Å². The van der Waals surface area contributed by atoms with Gasteiger partial charge in [-0.3, -0.25) is 0 Å². The molecule has 0 atom stereocenters. The summed E-state index contributed by atoms with van der Waals surface area (Å²) in [5.74, 6) is 0.877. The minimum Gasteiger partial charge on any atom is -0.508 e. The minimum absolute atomic E-state index is 0.208. The van der Waals surface area contributed by atoms with Crippen LogP contribution in [0.15, 0.2) is 36.4 Å². The van der Waals surface area contributed by atoms with Crippen molar-refractivity contribution in [2.24, 2.45) is 0 Å². The van der Waals surface area contributed by atoms with Crippen molar-refractivity contribution in [3.05, 3.63) is 58.7 Å². The zero-order chi connectivity index (χ0) is 14.7. The van der Waals surface area contributed by atoms with Crippen LogP contribution in [-0.2, 0) is 0 Å². The van der Waals surface area contributed by atoms with Crippen molar-refractivity contribution < 1.29 is 10.2 Å². The monoisotopic (exact) mass is 270 g/mol. The second-order valence-electron chi connectivity index (χ2n) is 5.32. The van der Waals surface area contributed by atoms with E-state index in [1.807, 2.05) is 26.0 Å². The summed E-state index contributed by atoms with van der Waals surface area (Å²) in [7, 11) is 0. The van der Waals surface area contributed by atoms with E-state index in [2.05, 4.69) is 19.1 Å². The average molecular weight is 270 g/mol. The van der Waals surface area contributed by atoms with Gasteiger partial charge in [0.1, 0.15) is 11.5 Å². The molecule has 0 spiro atoms. The van der Waals surface area contributed by atoms with Gasteiger partial charge in [-0.25, -0.2) is 0 Å². The summed E-state index contributed by atoms with van der Waals surface area (Å²) in [4.78, 5) is 0. The fraction of sp³-hybridized carbons (Fsp3) is 0.333. The lowest BCUT2D eigenvalue weighted by Gasteiger charge is -2.22. The van der Waals surface area contributed by atoms with Crippen LogP contribution in [0.4, 0.5) is 0 Å². The number of phenolic OH excluding ortho intramolecular Hbond substituents is 2. The van der Waals surface area contributed by atoms with E-state index in [0.717, 1.165) is 35.1 Å². The standard InChI is InChI=1S/C18H22O2/c1-4-7-16(14-8-5-10-17(19)12(14)2)15-9-6-11-18(20)13(15)3/h5-6,8-11,16,19-20H,4,7H2,1-3H3. The molecule has 0 radical (unpaired) electrons. The Hall–Kier alpha value is -1.96. The first kappa shape index (κ1) is 14.4. The maximum atomic E-state index is 9.94. The molecular formula is C18H22O2. The van der Waals surface area contributed by atoms with Gasteiger partial charge >= 0.3 is 0 Å². The molecule has 2 heteroatoms. The lowest BCUT2D eigenvalue weighted by Crippen LogP contribution is -2.05. The van der Waals surface area contributed by atoms with E-state index in [0.29, 0.717) is 11.5 Å².